The Labute approximate surface area is 135 Å². The average Bonchev–Trinajstić information content (AvgIpc) is 2.96. The summed E-state index contributed by atoms with van der Waals surface area (Å²) in [7, 11) is 0. The quantitative estimate of drug-likeness (QED) is 0.741. The number of nitrogens with zero attached hydrogens (tertiary/aromatic N) is 2. The van der Waals surface area contributed by atoms with Gasteiger partial charge >= 0.3 is 6.18 Å². The molecule has 0 aliphatic rings. The van der Waals surface area contributed by atoms with E-state index in [-0.39, 0.29) is 5.82 Å². The van der Waals surface area contributed by atoms with Gasteiger partial charge in [-0.2, -0.15) is 18.3 Å². The number of benzene rings is 2. The van der Waals surface area contributed by atoms with Crippen LogP contribution in [-0.2, 0) is 0 Å². The molecule has 3 aromatic rings. The molecular formula is C17H12F3N3O. The van der Waals surface area contributed by atoms with Crippen LogP contribution in [0, 0.1) is 0 Å². The molecule has 0 saturated carbocycles. The summed E-state index contributed by atoms with van der Waals surface area (Å²) in [6, 6.07) is 16.0. The highest BCUT2D eigenvalue weighted by atomic mass is 19.4. The van der Waals surface area contributed by atoms with E-state index in [2.05, 4.69) is 5.10 Å². The number of alkyl halides is 3. The van der Waals surface area contributed by atoms with Crippen LogP contribution in [-0.4, -0.2) is 21.7 Å². The number of anilines is 1. The maximum Gasteiger partial charge on any atom is 0.454 e. The van der Waals surface area contributed by atoms with E-state index in [1.165, 1.54) is 16.8 Å². The minimum absolute atomic E-state index is 0.282. The van der Waals surface area contributed by atoms with Gasteiger partial charge in [0.15, 0.2) is 0 Å². The van der Waals surface area contributed by atoms with E-state index in [0.29, 0.717) is 11.4 Å². The summed E-state index contributed by atoms with van der Waals surface area (Å²) in [5, 5.41) is 4.17. The lowest BCUT2D eigenvalue weighted by Crippen LogP contribution is -2.22. The molecule has 1 heterocycles. The summed E-state index contributed by atoms with van der Waals surface area (Å²) < 4.78 is 38.9. The van der Waals surface area contributed by atoms with Crippen molar-refractivity contribution in [3.8, 4) is 16.9 Å². The number of halogens is 3. The van der Waals surface area contributed by atoms with E-state index in [1.54, 1.807) is 6.07 Å². The van der Waals surface area contributed by atoms with Gasteiger partial charge in [-0.05, 0) is 24.3 Å². The second-order valence-electron chi connectivity index (χ2n) is 5.11. The Morgan fingerprint density at radius 1 is 1.00 bits per heavy atom. The zero-order valence-corrected chi connectivity index (χ0v) is 12.3. The second-order valence-corrected chi connectivity index (χ2v) is 5.11. The van der Waals surface area contributed by atoms with Crippen LogP contribution in [0.2, 0.25) is 0 Å². The molecule has 7 heteroatoms. The van der Waals surface area contributed by atoms with Crippen molar-refractivity contribution in [3.05, 3.63) is 66.2 Å². The third kappa shape index (κ3) is 3.01. The van der Waals surface area contributed by atoms with E-state index in [0.717, 1.165) is 17.7 Å². The average molecular weight is 331 g/mol. The van der Waals surface area contributed by atoms with Gasteiger partial charge in [-0.1, -0.05) is 30.3 Å². The molecule has 1 aromatic heterocycles. The second kappa shape index (κ2) is 5.84. The van der Waals surface area contributed by atoms with Crippen molar-refractivity contribution in [1.82, 2.24) is 9.78 Å². The van der Waals surface area contributed by atoms with E-state index in [4.69, 9.17) is 5.73 Å². The van der Waals surface area contributed by atoms with Crippen LogP contribution in [0.25, 0.3) is 16.9 Å². The van der Waals surface area contributed by atoms with Crippen molar-refractivity contribution in [2.24, 2.45) is 0 Å². The number of hydrogen-bond donors (Lipinski definition) is 1. The van der Waals surface area contributed by atoms with Gasteiger partial charge in [0.2, 0.25) is 0 Å². The smallest absolute Gasteiger partial charge is 0.382 e. The van der Waals surface area contributed by atoms with Gasteiger partial charge in [0.25, 0.3) is 5.78 Å². The van der Waals surface area contributed by atoms with Gasteiger partial charge in [-0.3, -0.25) is 4.79 Å². The van der Waals surface area contributed by atoms with E-state index in [9.17, 15) is 18.0 Å². The molecule has 4 nitrogen and oxygen atoms in total. The fourth-order valence-corrected chi connectivity index (χ4v) is 2.33. The van der Waals surface area contributed by atoms with Crippen LogP contribution < -0.4 is 5.73 Å². The number of ketones is 1. The van der Waals surface area contributed by atoms with Crippen LogP contribution in [0.1, 0.15) is 10.4 Å². The lowest BCUT2D eigenvalue weighted by atomic mass is 10.1. The van der Waals surface area contributed by atoms with Crippen molar-refractivity contribution < 1.29 is 18.0 Å². The first-order valence-corrected chi connectivity index (χ1v) is 6.99. The van der Waals surface area contributed by atoms with E-state index >= 15 is 0 Å². The highest BCUT2D eigenvalue weighted by Crippen LogP contribution is 2.26. The molecular weight excluding hydrogens is 319 g/mol. The molecule has 0 aliphatic heterocycles. The molecule has 0 spiro atoms. The molecule has 3 rings (SSSR count). The monoisotopic (exact) mass is 331 g/mol. The number of carbonyl (C=O) groups excluding carboxylic acids is 1. The highest BCUT2D eigenvalue weighted by molar-refractivity contribution is 6.00. The lowest BCUT2D eigenvalue weighted by molar-refractivity contribution is -0.0885. The van der Waals surface area contributed by atoms with Gasteiger partial charge in [0.05, 0.1) is 11.4 Å². The molecule has 0 saturated heterocycles. The van der Waals surface area contributed by atoms with Gasteiger partial charge in [0, 0.05) is 17.2 Å². The maximum absolute atomic E-state index is 12.5. The Morgan fingerprint density at radius 3 is 2.21 bits per heavy atom. The van der Waals surface area contributed by atoms with Gasteiger partial charge in [-0.15, -0.1) is 0 Å². The minimum Gasteiger partial charge on any atom is -0.382 e. The van der Waals surface area contributed by atoms with Crippen molar-refractivity contribution in [2.75, 3.05) is 5.73 Å². The predicted molar refractivity (Wildman–Crippen MR) is 83.8 cm³/mol. The topological polar surface area (TPSA) is 60.9 Å². The zero-order valence-electron chi connectivity index (χ0n) is 12.3. The SMILES string of the molecule is Nc1cc(-c2ccccc2)n(-c2ccc(C(=O)C(F)(F)F)cc2)n1. The van der Waals surface area contributed by atoms with Crippen LogP contribution in [0.15, 0.2) is 60.7 Å². The third-order valence-electron chi connectivity index (χ3n) is 3.43. The minimum atomic E-state index is -4.90. The van der Waals surface area contributed by atoms with Crippen molar-refractivity contribution in [3.63, 3.8) is 0 Å². The highest BCUT2D eigenvalue weighted by Gasteiger charge is 2.39. The summed E-state index contributed by atoms with van der Waals surface area (Å²) in [4.78, 5) is 11.2. The van der Waals surface area contributed by atoms with E-state index < -0.39 is 17.5 Å². The van der Waals surface area contributed by atoms with Gasteiger partial charge < -0.3 is 5.73 Å². The summed E-state index contributed by atoms with van der Waals surface area (Å²) in [5.41, 5.74) is 7.39. The summed E-state index contributed by atoms with van der Waals surface area (Å²) in [6.45, 7) is 0. The first kappa shape index (κ1) is 15.8. The maximum atomic E-state index is 12.5. The Balaban J connectivity index is 2.01. The van der Waals surface area contributed by atoms with Crippen LogP contribution in [0.3, 0.4) is 0 Å². The summed E-state index contributed by atoms with van der Waals surface area (Å²) in [6.07, 6.45) is -4.90. The fourth-order valence-electron chi connectivity index (χ4n) is 2.33. The fraction of sp³-hybridized carbons (Fsp3) is 0.0588. The molecule has 0 bridgehead atoms. The molecule has 2 aromatic carbocycles. The van der Waals surface area contributed by atoms with Crippen molar-refractivity contribution in [2.45, 2.75) is 6.18 Å². The Kier molecular flexibility index (Phi) is 3.84. The number of hydrogen-bond acceptors (Lipinski definition) is 3. The first-order valence-electron chi connectivity index (χ1n) is 6.99. The standard InChI is InChI=1S/C17H12F3N3O/c18-17(19,20)16(24)12-6-8-13(9-7-12)23-14(10-15(21)22-23)11-4-2-1-3-5-11/h1-10H,(H2,21,22). The molecule has 2 N–H and O–H groups in total. The number of nitrogen functional groups attached to an aromatic ring is 1. The van der Waals surface area contributed by atoms with Crippen LogP contribution >= 0.6 is 0 Å². The normalized spacial score (nSPS) is 11.5. The Bertz CT molecular complexity index is 868. The van der Waals surface area contributed by atoms with Crippen molar-refractivity contribution >= 4 is 11.6 Å². The lowest BCUT2D eigenvalue weighted by Gasteiger charge is -2.09. The molecule has 0 fully saturated rings. The van der Waals surface area contributed by atoms with Gasteiger partial charge in [-0.25, -0.2) is 4.68 Å². The van der Waals surface area contributed by atoms with Crippen LogP contribution in [0.4, 0.5) is 19.0 Å². The number of Topliss-reactive ketones (excluding diaryl/α,β-unsaturated/α-hetero) is 1. The first-order chi connectivity index (χ1) is 11.4. The van der Waals surface area contributed by atoms with Crippen LogP contribution in [0.5, 0.6) is 0 Å². The molecule has 0 atom stereocenters. The number of rotatable bonds is 3. The molecule has 0 radical (unpaired) electrons. The third-order valence-corrected chi connectivity index (χ3v) is 3.43. The summed E-state index contributed by atoms with van der Waals surface area (Å²) in [5.74, 6) is -1.60. The number of aromatic nitrogens is 2. The summed E-state index contributed by atoms with van der Waals surface area (Å²) >= 11 is 0. The number of nitrogens with two attached hydrogens (primary N) is 1. The predicted octanol–water partition coefficient (Wildman–Crippen LogP) is 3.87. The molecule has 122 valence electrons. The Hall–Kier alpha value is -3.09. The zero-order chi connectivity index (χ0) is 17.3. The van der Waals surface area contributed by atoms with Gasteiger partial charge in [0.1, 0.15) is 5.82 Å². The molecule has 0 unspecified atom stereocenters. The largest absolute Gasteiger partial charge is 0.454 e. The Morgan fingerprint density at radius 2 is 1.62 bits per heavy atom. The number of carbonyl (C=O) groups is 1. The molecule has 24 heavy (non-hydrogen) atoms. The van der Waals surface area contributed by atoms with Crippen molar-refractivity contribution in [1.29, 1.82) is 0 Å². The van der Waals surface area contributed by atoms with E-state index in [1.807, 2.05) is 30.3 Å². The molecule has 0 aliphatic carbocycles. The molecule has 0 amide bonds.